The summed E-state index contributed by atoms with van der Waals surface area (Å²) in [6, 6.07) is 4.95. The zero-order valence-corrected chi connectivity index (χ0v) is 18.0. The number of anilines is 1. The summed E-state index contributed by atoms with van der Waals surface area (Å²) in [5.74, 6) is 0.282. The fourth-order valence-electron chi connectivity index (χ4n) is 4.72. The summed E-state index contributed by atoms with van der Waals surface area (Å²) >= 11 is 0. The van der Waals surface area contributed by atoms with Gasteiger partial charge in [0, 0.05) is 17.9 Å². The van der Waals surface area contributed by atoms with Crippen molar-refractivity contribution in [1.82, 2.24) is 0 Å². The highest BCUT2D eigenvalue weighted by molar-refractivity contribution is 7.92. The van der Waals surface area contributed by atoms with Crippen LogP contribution in [-0.2, 0) is 19.5 Å². The molecule has 0 spiro atoms. The van der Waals surface area contributed by atoms with E-state index in [2.05, 4.69) is 10.8 Å². The topological polar surface area (TPSA) is 108 Å². The molecule has 1 aliphatic heterocycles. The van der Waals surface area contributed by atoms with Crippen LogP contribution in [0.4, 0.5) is 5.69 Å². The number of carbonyl (C=O) groups excluding carboxylic acids is 1. The highest BCUT2D eigenvalue weighted by Crippen LogP contribution is 2.45. The normalized spacial score (nSPS) is 26.3. The van der Waals surface area contributed by atoms with Crippen molar-refractivity contribution in [2.24, 2.45) is 17.6 Å². The van der Waals surface area contributed by atoms with Gasteiger partial charge in [-0.3, -0.25) is 9.52 Å². The maximum atomic E-state index is 12.5. The summed E-state index contributed by atoms with van der Waals surface area (Å²) in [4.78, 5) is 12.0. The van der Waals surface area contributed by atoms with E-state index in [1.54, 1.807) is 18.2 Å². The van der Waals surface area contributed by atoms with E-state index in [9.17, 15) is 13.2 Å². The van der Waals surface area contributed by atoms with Gasteiger partial charge in [-0.2, -0.15) is 0 Å². The summed E-state index contributed by atoms with van der Waals surface area (Å²) in [5, 5.41) is 0. The van der Waals surface area contributed by atoms with E-state index in [1.165, 1.54) is 12.8 Å². The van der Waals surface area contributed by atoms with E-state index in [4.69, 9.17) is 15.2 Å². The Hall–Kier alpha value is -1.90. The molecule has 1 saturated carbocycles. The molecular formula is C22H30N2O5S. The average molecular weight is 435 g/mol. The number of hydrogen-bond donors (Lipinski definition) is 2. The fraction of sp³-hybridized carbons (Fsp3) is 0.591. The van der Waals surface area contributed by atoms with Crippen molar-refractivity contribution in [3.8, 4) is 0 Å². The molecule has 0 radical (unpaired) electrons. The molecule has 2 fully saturated rings. The number of fused-ring (bicyclic) bond motifs is 2. The van der Waals surface area contributed by atoms with Crippen molar-refractivity contribution in [1.29, 1.82) is 0 Å². The number of carbonyl (C=O) groups is 1. The van der Waals surface area contributed by atoms with Crippen LogP contribution in [0.3, 0.4) is 0 Å². The minimum atomic E-state index is -3.59. The second-order valence-electron chi connectivity index (χ2n) is 8.45. The van der Waals surface area contributed by atoms with Crippen LogP contribution in [0.25, 0.3) is 5.57 Å². The van der Waals surface area contributed by atoms with E-state index in [1.807, 2.05) is 0 Å². The fourth-order valence-corrected chi connectivity index (χ4v) is 5.62. The lowest BCUT2D eigenvalue weighted by atomic mass is 9.69. The van der Waals surface area contributed by atoms with Crippen LogP contribution in [0.5, 0.6) is 0 Å². The van der Waals surface area contributed by atoms with Gasteiger partial charge in [-0.15, -0.1) is 0 Å². The van der Waals surface area contributed by atoms with E-state index >= 15 is 0 Å². The molecule has 3 aliphatic carbocycles. The summed E-state index contributed by atoms with van der Waals surface area (Å²) in [6.07, 6.45) is 9.33. The Morgan fingerprint density at radius 3 is 2.60 bits per heavy atom. The van der Waals surface area contributed by atoms with Gasteiger partial charge >= 0.3 is 0 Å². The Morgan fingerprint density at radius 1 is 1.17 bits per heavy atom. The SMILES string of the molecule is NC(=O)c1ccc(NS(=O)(=O)CCOC2CCCCO2)cc1C1=CC2CCC1CC2. The van der Waals surface area contributed by atoms with Gasteiger partial charge in [0.2, 0.25) is 15.9 Å². The molecule has 0 aromatic heterocycles. The second-order valence-corrected chi connectivity index (χ2v) is 10.3. The number of rotatable bonds is 8. The van der Waals surface area contributed by atoms with Crippen LogP contribution in [0.2, 0.25) is 0 Å². The molecule has 4 aliphatic rings. The van der Waals surface area contributed by atoms with Crippen molar-refractivity contribution < 1.29 is 22.7 Å². The Kier molecular flexibility index (Phi) is 6.46. The van der Waals surface area contributed by atoms with Crippen LogP contribution >= 0.6 is 0 Å². The number of amides is 1. The van der Waals surface area contributed by atoms with Crippen LogP contribution in [0.15, 0.2) is 24.3 Å². The quantitative estimate of drug-likeness (QED) is 0.653. The van der Waals surface area contributed by atoms with Gasteiger partial charge in [-0.1, -0.05) is 6.08 Å². The first kappa shape index (κ1) is 21.3. The largest absolute Gasteiger partial charge is 0.366 e. The van der Waals surface area contributed by atoms with Crippen LogP contribution < -0.4 is 10.5 Å². The first-order valence-corrected chi connectivity index (χ1v) is 12.5. The Balaban J connectivity index is 1.47. The smallest absolute Gasteiger partial charge is 0.249 e. The monoisotopic (exact) mass is 434 g/mol. The van der Waals surface area contributed by atoms with Gasteiger partial charge in [-0.05, 0) is 86.1 Å². The van der Waals surface area contributed by atoms with Crippen LogP contribution in [0, 0.1) is 11.8 Å². The number of ether oxygens (including phenoxy) is 2. The summed E-state index contributed by atoms with van der Waals surface area (Å²) in [5.41, 5.74) is 8.36. The van der Waals surface area contributed by atoms with Gasteiger partial charge < -0.3 is 15.2 Å². The lowest BCUT2D eigenvalue weighted by molar-refractivity contribution is -0.158. The predicted molar refractivity (Wildman–Crippen MR) is 115 cm³/mol. The summed E-state index contributed by atoms with van der Waals surface area (Å²) < 4.78 is 38.7. The number of sulfonamides is 1. The molecule has 1 saturated heterocycles. The molecule has 5 rings (SSSR count). The maximum absolute atomic E-state index is 12.5. The lowest BCUT2D eigenvalue weighted by Gasteiger charge is -2.36. The molecule has 1 heterocycles. The molecule has 164 valence electrons. The number of nitrogens with two attached hydrogens (primary N) is 1. The van der Waals surface area contributed by atoms with Gasteiger partial charge in [0.25, 0.3) is 0 Å². The number of primary amides is 1. The van der Waals surface area contributed by atoms with Gasteiger partial charge in [0.1, 0.15) is 0 Å². The van der Waals surface area contributed by atoms with Crippen LogP contribution in [0.1, 0.15) is 60.9 Å². The van der Waals surface area contributed by atoms with E-state index in [-0.39, 0.29) is 18.6 Å². The zero-order valence-electron chi connectivity index (χ0n) is 17.1. The summed E-state index contributed by atoms with van der Waals surface area (Å²) in [6.45, 7) is 0.726. The number of nitrogens with one attached hydrogen (secondary N) is 1. The van der Waals surface area contributed by atoms with Gasteiger partial charge in [0.15, 0.2) is 6.29 Å². The minimum Gasteiger partial charge on any atom is -0.366 e. The Bertz CT molecular complexity index is 913. The molecule has 1 atom stereocenters. The average Bonchev–Trinajstić information content (AvgIpc) is 2.74. The second kappa shape index (κ2) is 9.08. The van der Waals surface area contributed by atoms with Crippen molar-refractivity contribution in [3.63, 3.8) is 0 Å². The predicted octanol–water partition coefficient (Wildman–Crippen LogP) is 3.27. The third-order valence-electron chi connectivity index (χ3n) is 6.29. The highest BCUT2D eigenvalue weighted by Gasteiger charge is 2.31. The first-order chi connectivity index (χ1) is 14.4. The number of benzene rings is 1. The molecule has 2 bridgehead atoms. The van der Waals surface area contributed by atoms with Crippen molar-refractivity contribution in [2.45, 2.75) is 51.2 Å². The standard InChI is InChI=1S/C22H30N2O5S/c23-22(25)18-9-8-17(14-20(18)19-13-15-4-6-16(19)7-5-15)24-30(26,27)12-11-29-21-3-1-2-10-28-21/h8-9,13-16,21,24H,1-7,10-12H2,(H2,23,25). The maximum Gasteiger partial charge on any atom is 0.249 e. The van der Waals surface area contributed by atoms with Crippen molar-refractivity contribution in [3.05, 3.63) is 35.4 Å². The van der Waals surface area contributed by atoms with E-state index in [0.29, 0.717) is 29.7 Å². The van der Waals surface area contributed by atoms with Crippen molar-refractivity contribution >= 4 is 27.2 Å². The Labute approximate surface area is 178 Å². The molecular weight excluding hydrogens is 404 g/mol. The molecule has 1 unspecified atom stereocenters. The molecule has 1 amide bonds. The lowest BCUT2D eigenvalue weighted by Crippen LogP contribution is -2.27. The number of hydrogen-bond acceptors (Lipinski definition) is 5. The molecule has 1 aromatic rings. The zero-order chi connectivity index (χ0) is 21.1. The highest BCUT2D eigenvalue weighted by atomic mass is 32.2. The number of allylic oxidation sites excluding steroid dienone is 2. The first-order valence-electron chi connectivity index (χ1n) is 10.8. The molecule has 1 aromatic carbocycles. The molecule has 7 nitrogen and oxygen atoms in total. The Morgan fingerprint density at radius 2 is 1.97 bits per heavy atom. The van der Waals surface area contributed by atoms with Gasteiger partial charge in [-0.25, -0.2) is 8.42 Å². The molecule has 8 heteroatoms. The third kappa shape index (κ3) is 5.04. The van der Waals surface area contributed by atoms with E-state index in [0.717, 1.165) is 43.2 Å². The molecule has 3 N–H and O–H groups in total. The van der Waals surface area contributed by atoms with Gasteiger partial charge in [0.05, 0.1) is 12.4 Å². The van der Waals surface area contributed by atoms with Crippen LogP contribution in [-0.4, -0.2) is 39.6 Å². The van der Waals surface area contributed by atoms with E-state index < -0.39 is 15.9 Å². The minimum absolute atomic E-state index is 0.0706. The summed E-state index contributed by atoms with van der Waals surface area (Å²) in [7, 11) is -3.59. The molecule has 30 heavy (non-hydrogen) atoms. The van der Waals surface area contributed by atoms with Crippen molar-refractivity contribution in [2.75, 3.05) is 23.7 Å². The third-order valence-corrected chi connectivity index (χ3v) is 7.54.